The summed E-state index contributed by atoms with van der Waals surface area (Å²) >= 11 is 0. The van der Waals surface area contributed by atoms with Gasteiger partial charge in [-0.3, -0.25) is 4.68 Å². The molecular weight excluding hydrogens is 419 g/mol. The first-order chi connectivity index (χ1) is 12.4. The van der Waals surface area contributed by atoms with Gasteiger partial charge in [0.2, 0.25) is 0 Å². The van der Waals surface area contributed by atoms with Crippen molar-refractivity contribution < 1.29 is 8.42 Å². The second-order valence-electron chi connectivity index (χ2n) is 7.02. The number of aryl methyl sites for hydroxylation is 2. The first-order valence-electron chi connectivity index (χ1n) is 8.75. The maximum atomic E-state index is 11.6. The summed E-state index contributed by atoms with van der Waals surface area (Å²) in [4.78, 5) is 4.77. The first kappa shape index (κ1) is 22.6. The highest BCUT2D eigenvalue weighted by atomic mass is 35.5. The third-order valence-corrected chi connectivity index (χ3v) is 5.52. The molecule has 1 aliphatic heterocycles. The van der Waals surface area contributed by atoms with E-state index in [4.69, 9.17) is 10.1 Å². The molecule has 0 saturated heterocycles. The van der Waals surface area contributed by atoms with Crippen LogP contribution in [0.2, 0.25) is 0 Å². The number of sulfone groups is 1. The largest absolute Gasteiger partial charge is 0.311 e. The molecule has 2 aromatic heterocycles. The molecule has 6 nitrogen and oxygen atoms in total. The number of pyridine rings is 1. The molecule has 4 rings (SSSR count). The summed E-state index contributed by atoms with van der Waals surface area (Å²) in [5, 5.41) is 9.12. The van der Waals surface area contributed by atoms with Crippen LogP contribution < -0.4 is 5.32 Å². The molecule has 152 valence electrons. The second-order valence-corrected chi connectivity index (χ2v) is 9.16. The molecule has 0 amide bonds. The number of hydrogen-bond donors (Lipinski definition) is 1. The van der Waals surface area contributed by atoms with Gasteiger partial charge in [-0.25, -0.2) is 13.4 Å². The Hall–Kier alpha value is -1.67. The summed E-state index contributed by atoms with van der Waals surface area (Å²) in [5.74, 6) is 0.0465. The normalized spacial score (nSPS) is 13.9. The van der Waals surface area contributed by atoms with Crippen LogP contribution in [0.1, 0.15) is 23.2 Å². The molecule has 3 aromatic rings. The monoisotopic (exact) mass is 442 g/mol. The van der Waals surface area contributed by atoms with Crippen molar-refractivity contribution in [2.45, 2.75) is 32.2 Å². The van der Waals surface area contributed by atoms with Crippen molar-refractivity contribution >= 4 is 45.6 Å². The van der Waals surface area contributed by atoms with E-state index in [9.17, 15) is 8.42 Å². The van der Waals surface area contributed by atoms with Crippen LogP contribution in [0.15, 0.2) is 30.3 Å². The van der Waals surface area contributed by atoms with Gasteiger partial charge in [0.25, 0.3) is 0 Å². The van der Waals surface area contributed by atoms with Gasteiger partial charge in [0.15, 0.2) is 9.84 Å². The SMILES string of the molecule is Cc1cc(-c2cc3n(n2)CCCNC3)nc2ccc(CS(C)(=O)=O)cc12.Cl.Cl. The molecule has 0 saturated carbocycles. The van der Waals surface area contributed by atoms with E-state index in [0.717, 1.165) is 59.5 Å². The summed E-state index contributed by atoms with van der Waals surface area (Å²) in [6.07, 6.45) is 2.32. The molecular formula is C19H24Cl2N4O2S. The summed E-state index contributed by atoms with van der Waals surface area (Å²) in [6.45, 7) is 4.79. The number of fused-ring (bicyclic) bond motifs is 2. The van der Waals surface area contributed by atoms with Crippen LogP contribution in [0.3, 0.4) is 0 Å². The van der Waals surface area contributed by atoms with E-state index in [1.54, 1.807) is 0 Å². The summed E-state index contributed by atoms with van der Waals surface area (Å²) in [5.41, 5.74) is 5.64. The third kappa shape index (κ3) is 4.84. The molecule has 1 aromatic carbocycles. The van der Waals surface area contributed by atoms with Crippen LogP contribution in [0, 0.1) is 6.92 Å². The molecule has 0 radical (unpaired) electrons. The number of nitrogens with one attached hydrogen (secondary N) is 1. The minimum atomic E-state index is -3.05. The Bertz CT molecular complexity index is 1070. The maximum absolute atomic E-state index is 11.6. The van der Waals surface area contributed by atoms with Crippen LogP contribution in [0.5, 0.6) is 0 Å². The average molecular weight is 443 g/mol. The van der Waals surface area contributed by atoms with Crippen molar-refractivity contribution in [1.29, 1.82) is 0 Å². The van der Waals surface area contributed by atoms with Crippen molar-refractivity contribution in [3.05, 3.63) is 47.2 Å². The first-order valence-corrected chi connectivity index (χ1v) is 10.8. The lowest BCUT2D eigenvalue weighted by Crippen LogP contribution is -2.11. The fraction of sp³-hybridized carbons (Fsp3) is 0.368. The number of nitrogens with zero attached hydrogens (tertiary/aromatic N) is 3. The molecule has 0 bridgehead atoms. The molecule has 0 unspecified atom stereocenters. The lowest BCUT2D eigenvalue weighted by Gasteiger charge is -2.07. The molecule has 0 atom stereocenters. The summed E-state index contributed by atoms with van der Waals surface area (Å²) < 4.78 is 25.2. The van der Waals surface area contributed by atoms with Gasteiger partial charge in [-0.15, -0.1) is 24.8 Å². The minimum Gasteiger partial charge on any atom is -0.311 e. The van der Waals surface area contributed by atoms with Gasteiger partial charge in [0.05, 0.1) is 22.7 Å². The Labute approximate surface area is 177 Å². The summed E-state index contributed by atoms with van der Waals surface area (Å²) in [7, 11) is -3.05. The van der Waals surface area contributed by atoms with Gasteiger partial charge < -0.3 is 5.32 Å². The van der Waals surface area contributed by atoms with Gasteiger partial charge in [0, 0.05) is 24.7 Å². The van der Waals surface area contributed by atoms with Gasteiger partial charge in [-0.05, 0) is 55.3 Å². The zero-order chi connectivity index (χ0) is 18.3. The molecule has 0 aliphatic carbocycles. The molecule has 0 spiro atoms. The predicted molar refractivity (Wildman–Crippen MR) is 117 cm³/mol. The van der Waals surface area contributed by atoms with Crippen molar-refractivity contribution in [3.8, 4) is 11.4 Å². The number of halogens is 2. The highest BCUT2D eigenvalue weighted by Gasteiger charge is 2.14. The fourth-order valence-electron chi connectivity index (χ4n) is 3.45. The Morgan fingerprint density at radius 3 is 2.68 bits per heavy atom. The number of rotatable bonds is 3. The van der Waals surface area contributed by atoms with Crippen LogP contribution >= 0.6 is 24.8 Å². The molecule has 1 N–H and O–H groups in total. The van der Waals surface area contributed by atoms with Gasteiger partial charge in [-0.1, -0.05) is 6.07 Å². The Kier molecular flexibility index (Phi) is 7.09. The number of benzene rings is 1. The minimum absolute atomic E-state index is 0. The number of hydrogen-bond acceptors (Lipinski definition) is 5. The maximum Gasteiger partial charge on any atom is 0.151 e. The van der Waals surface area contributed by atoms with Crippen molar-refractivity contribution in [1.82, 2.24) is 20.1 Å². The smallest absolute Gasteiger partial charge is 0.151 e. The average Bonchev–Trinajstić information content (AvgIpc) is 2.85. The second kappa shape index (κ2) is 8.78. The lowest BCUT2D eigenvalue weighted by molar-refractivity contribution is 0.589. The fourth-order valence-corrected chi connectivity index (χ4v) is 4.24. The van der Waals surface area contributed by atoms with Crippen molar-refractivity contribution in [2.24, 2.45) is 0 Å². The lowest BCUT2D eigenvalue weighted by atomic mass is 10.1. The topological polar surface area (TPSA) is 76.9 Å². The van der Waals surface area contributed by atoms with Crippen molar-refractivity contribution in [3.63, 3.8) is 0 Å². The van der Waals surface area contributed by atoms with Crippen molar-refractivity contribution in [2.75, 3.05) is 12.8 Å². The van der Waals surface area contributed by atoms with Gasteiger partial charge in [-0.2, -0.15) is 5.10 Å². The standard InChI is InChI=1S/C19H22N4O2S.2ClH/c1-13-8-18(19-10-15-11-20-6-3-7-23(15)22-19)21-17-5-4-14(9-16(13)17)12-26(2,24)25;;/h4-5,8-10,20H,3,6-7,11-12H2,1-2H3;2*1H. The van der Waals surface area contributed by atoms with E-state index in [1.807, 2.05) is 31.2 Å². The third-order valence-electron chi connectivity index (χ3n) is 4.66. The molecule has 28 heavy (non-hydrogen) atoms. The van der Waals surface area contributed by atoms with E-state index >= 15 is 0 Å². The van der Waals surface area contributed by atoms with Crippen LogP contribution in [0.4, 0.5) is 0 Å². The quantitative estimate of drug-likeness (QED) is 0.673. The van der Waals surface area contributed by atoms with Gasteiger partial charge in [0.1, 0.15) is 5.69 Å². The molecule has 3 heterocycles. The summed E-state index contributed by atoms with van der Waals surface area (Å²) in [6, 6.07) is 9.79. The highest BCUT2D eigenvalue weighted by Crippen LogP contribution is 2.26. The van der Waals surface area contributed by atoms with Crippen LogP contribution in [0.25, 0.3) is 22.3 Å². The Morgan fingerprint density at radius 1 is 1.14 bits per heavy atom. The zero-order valence-corrected chi connectivity index (χ0v) is 18.3. The molecule has 0 fully saturated rings. The molecule has 9 heteroatoms. The zero-order valence-electron chi connectivity index (χ0n) is 15.8. The van der Waals surface area contributed by atoms with E-state index < -0.39 is 9.84 Å². The number of aromatic nitrogens is 3. The van der Waals surface area contributed by atoms with E-state index in [2.05, 4.69) is 16.1 Å². The molecule has 1 aliphatic rings. The van der Waals surface area contributed by atoms with E-state index in [1.165, 1.54) is 11.9 Å². The highest BCUT2D eigenvalue weighted by molar-refractivity contribution is 7.89. The Morgan fingerprint density at radius 2 is 1.93 bits per heavy atom. The van der Waals surface area contributed by atoms with E-state index in [-0.39, 0.29) is 30.6 Å². The predicted octanol–water partition coefficient (Wildman–Crippen LogP) is 3.29. The van der Waals surface area contributed by atoms with Crippen LogP contribution in [-0.2, 0) is 28.7 Å². The Balaban J connectivity index is 0.00000140. The van der Waals surface area contributed by atoms with Crippen LogP contribution in [-0.4, -0.2) is 36.0 Å². The van der Waals surface area contributed by atoms with E-state index in [0.29, 0.717) is 0 Å². The van der Waals surface area contributed by atoms with Gasteiger partial charge >= 0.3 is 0 Å².